The summed E-state index contributed by atoms with van der Waals surface area (Å²) >= 11 is 5.88. The Labute approximate surface area is 228 Å². The molecule has 3 aromatic rings. The van der Waals surface area contributed by atoms with Crippen LogP contribution in [0.3, 0.4) is 0 Å². The summed E-state index contributed by atoms with van der Waals surface area (Å²) < 4.78 is 62.5. The van der Waals surface area contributed by atoms with E-state index < -0.39 is 31.8 Å². The summed E-state index contributed by atoms with van der Waals surface area (Å²) in [7, 11) is -3.66. The van der Waals surface area contributed by atoms with Gasteiger partial charge in [-0.05, 0) is 31.4 Å². The van der Waals surface area contributed by atoms with Crippen LogP contribution in [0, 0.1) is 5.92 Å². The van der Waals surface area contributed by atoms with Gasteiger partial charge in [0.1, 0.15) is 28.8 Å². The van der Waals surface area contributed by atoms with Crippen molar-refractivity contribution in [1.82, 2.24) is 24.7 Å². The SMILES string of the molecule is COc1cccc(OC)c1-n1c(C[C@@H]2CCS(O)(O)C2)nnc1NS(=O)(=O)[C@@H](C)[C@H](C)c1ncc(Cl)cn1. The lowest BCUT2D eigenvalue weighted by Gasteiger charge is -2.26. The van der Waals surface area contributed by atoms with E-state index in [0.717, 1.165) is 0 Å². The smallest absolute Gasteiger partial charge is 0.243 e. The quantitative estimate of drug-likeness (QED) is 0.317. The molecule has 0 saturated carbocycles. The van der Waals surface area contributed by atoms with Crippen molar-refractivity contribution >= 4 is 38.2 Å². The number of rotatable bonds is 10. The maximum atomic E-state index is 13.5. The van der Waals surface area contributed by atoms with Crippen molar-refractivity contribution in [2.24, 2.45) is 5.92 Å². The van der Waals surface area contributed by atoms with Gasteiger partial charge >= 0.3 is 0 Å². The summed E-state index contributed by atoms with van der Waals surface area (Å²) in [6.07, 6.45) is 3.79. The molecule has 0 radical (unpaired) electrons. The minimum atomic E-state index is -4.02. The molecule has 0 spiro atoms. The predicted molar refractivity (Wildman–Crippen MR) is 146 cm³/mol. The molecule has 4 rings (SSSR count). The maximum Gasteiger partial charge on any atom is 0.243 e. The standard InChI is InChI=1S/C23H31ClN6O6S2/c1-14(22-25-11-17(24)12-26-22)15(2)38(33,34)29-23-28-27-20(10-16-8-9-37(31,32)13-16)30(23)21-18(35-3)6-5-7-19(21)36-4/h5-7,11-12,14-16,31-32H,8-10,13H2,1-4H3,(H,28,29)/t14-,15-,16-/m0/s1. The monoisotopic (exact) mass is 586 g/mol. The molecular weight excluding hydrogens is 556 g/mol. The van der Waals surface area contributed by atoms with Gasteiger partial charge in [0.2, 0.25) is 16.0 Å². The van der Waals surface area contributed by atoms with Gasteiger partial charge in [-0.15, -0.1) is 10.2 Å². The van der Waals surface area contributed by atoms with Crippen LogP contribution in [-0.4, -0.2) is 73.2 Å². The van der Waals surface area contributed by atoms with Crippen molar-refractivity contribution in [3.05, 3.63) is 47.3 Å². The van der Waals surface area contributed by atoms with Crippen LogP contribution >= 0.6 is 22.2 Å². The summed E-state index contributed by atoms with van der Waals surface area (Å²) in [6, 6.07) is 5.18. The first-order valence-corrected chi connectivity index (χ1v) is 15.6. The zero-order chi connectivity index (χ0) is 27.7. The molecule has 1 aromatic carbocycles. The molecule has 1 aliphatic rings. The lowest BCUT2D eigenvalue weighted by atomic mass is 10.0. The highest BCUT2D eigenvalue weighted by atomic mass is 35.5. The topological polar surface area (TPSA) is 162 Å². The second kappa shape index (κ2) is 11.2. The number of sulfonamides is 1. The largest absolute Gasteiger partial charge is 0.494 e. The Kier molecular flexibility index (Phi) is 8.37. The molecule has 0 unspecified atom stereocenters. The first-order chi connectivity index (χ1) is 18.0. The third kappa shape index (κ3) is 5.99. The summed E-state index contributed by atoms with van der Waals surface area (Å²) in [5.74, 6) is 1.48. The van der Waals surface area contributed by atoms with Crippen LogP contribution < -0.4 is 14.2 Å². The van der Waals surface area contributed by atoms with Gasteiger partial charge in [-0.1, -0.05) is 24.6 Å². The zero-order valence-electron chi connectivity index (χ0n) is 21.4. The molecule has 12 nitrogen and oxygen atoms in total. The minimum absolute atomic E-state index is 0.0523. The van der Waals surface area contributed by atoms with Crippen molar-refractivity contribution in [2.75, 3.05) is 30.4 Å². The Hall–Kier alpha value is -2.65. The Morgan fingerprint density at radius 2 is 1.79 bits per heavy atom. The van der Waals surface area contributed by atoms with E-state index in [0.29, 0.717) is 52.5 Å². The van der Waals surface area contributed by atoms with Gasteiger partial charge in [0.05, 0.1) is 24.5 Å². The van der Waals surface area contributed by atoms with Crippen LogP contribution in [-0.2, 0) is 16.4 Å². The van der Waals surface area contributed by atoms with Crippen LogP contribution in [0.4, 0.5) is 5.95 Å². The second-order valence-corrected chi connectivity index (χ2v) is 14.0. The van der Waals surface area contributed by atoms with E-state index in [-0.39, 0.29) is 17.6 Å². The number of halogens is 1. The van der Waals surface area contributed by atoms with E-state index in [2.05, 4.69) is 24.9 Å². The Morgan fingerprint density at radius 1 is 1.16 bits per heavy atom. The highest BCUT2D eigenvalue weighted by molar-refractivity contribution is 8.24. The lowest BCUT2D eigenvalue weighted by molar-refractivity contribution is 0.390. The molecule has 1 fully saturated rings. The molecule has 15 heteroatoms. The van der Waals surface area contributed by atoms with Crippen LogP contribution in [0.5, 0.6) is 11.5 Å². The van der Waals surface area contributed by atoms with Gasteiger partial charge in [0, 0.05) is 36.2 Å². The van der Waals surface area contributed by atoms with E-state index in [1.54, 1.807) is 36.6 Å². The highest BCUT2D eigenvalue weighted by Crippen LogP contribution is 2.49. The fraction of sp³-hybridized carbons (Fsp3) is 0.478. The summed E-state index contributed by atoms with van der Waals surface area (Å²) in [4.78, 5) is 8.33. The van der Waals surface area contributed by atoms with Crippen LogP contribution in [0.25, 0.3) is 5.69 Å². The predicted octanol–water partition coefficient (Wildman–Crippen LogP) is 3.97. The Bertz CT molecular complexity index is 1360. The molecule has 0 amide bonds. The van der Waals surface area contributed by atoms with Gasteiger partial charge in [0.25, 0.3) is 0 Å². The number of nitrogens with zero attached hydrogens (tertiary/aromatic N) is 5. The van der Waals surface area contributed by atoms with E-state index >= 15 is 0 Å². The third-order valence-electron chi connectivity index (χ3n) is 6.66. The van der Waals surface area contributed by atoms with Crippen molar-refractivity contribution in [3.63, 3.8) is 0 Å². The van der Waals surface area contributed by atoms with E-state index in [1.165, 1.54) is 26.6 Å². The van der Waals surface area contributed by atoms with Crippen molar-refractivity contribution in [3.8, 4) is 17.2 Å². The molecule has 3 atom stereocenters. The van der Waals surface area contributed by atoms with E-state index in [1.807, 2.05) is 0 Å². The lowest BCUT2D eigenvalue weighted by Crippen LogP contribution is -2.31. The number of para-hydroxylation sites is 1. The molecule has 0 aliphatic carbocycles. The molecule has 1 aliphatic heterocycles. The summed E-state index contributed by atoms with van der Waals surface area (Å²) in [6.45, 7) is 3.27. The number of methoxy groups -OCH3 is 2. The van der Waals surface area contributed by atoms with Crippen LogP contribution in [0.15, 0.2) is 30.6 Å². The summed E-state index contributed by atoms with van der Waals surface area (Å²) in [5, 5.41) is 7.88. The Morgan fingerprint density at radius 3 is 2.34 bits per heavy atom. The number of anilines is 1. The molecule has 3 N–H and O–H groups in total. The number of ether oxygens (including phenoxy) is 2. The highest BCUT2D eigenvalue weighted by Gasteiger charge is 2.34. The average Bonchev–Trinajstić information content (AvgIpc) is 3.43. The second-order valence-electron chi connectivity index (χ2n) is 9.22. The van der Waals surface area contributed by atoms with Gasteiger partial charge in [-0.25, -0.2) is 18.4 Å². The molecule has 2 aromatic heterocycles. The van der Waals surface area contributed by atoms with E-state index in [9.17, 15) is 17.5 Å². The zero-order valence-corrected chi connectivity index (χ0v) is 23.8. The van der Waals surface area contributed by atoms with Crippen molar-refractivity contribution < 1.29 is 27.0 Å². The normalized spacial score (nSPS) is 19.5. The first-order valence-electron chi connectivity index (χ1n) is 11.8. The number of hydrogen-bond acceptors (Lipinski definition) is 10. The van der Waals surface area contributed by atoms with E-state index in [4.69, 9.17) is 21.1 Å². The first kappa shape index (κ1) is 28.4. The number of aromatic nitrogens is 5. The number of hydrogen-bond donors (Lipinski definition) is 3. The molecule has 1 saturated heterocycles. The fourth-order valence-corrected chi connectivity index (χ4v) is 7.62. The molecule has 3 heterocycles. The fourth-order valence-electron chi connectivity index (χ4n) is 4.38. The van der Waals surface area contributed by atoms with Gasteiger partial charge in [-0.2, -0.15) is 10.6 Å². The van der Waals surface area contributed by atoms with Gasteiger partial charge in [0.15, 0.2) is 0 Å². The number of nitrogens with one attached hydrogen (secondary N) is 1. The van der Waals surface area contributed by atoms with Gasteiger partial charge < -0.3 is 9.47 Å². The molecule has 0 bridgehead atoms. The molecule has 38 heavy (non-hydrogen) atoms. The Balaban J connectivity index is 1.74. The third-order valence-corrected chi connectivity index (χ3v) is 10.6. The number of benzene rings is 1. The van der Waals surface area contributed by atoms with Gasteiger partial charge in [-0.3, -0.25) is 18.4 Å². The summed E-state index contributed by atoms with van der Waals surface area (Å²) in [5.41, 5.74) is 0.418. The maximum absolute atomic E-state index is 13.5. The van der Waals surface area contributed by atoms with Crippen molar-refractivity contribution in [2.45, 2.75) is 37.9 Å². The molecule has 208 valence electrons. The average molecular weight is 587 g/mol. The van der Waals surface area contributed by atoms with Crippen LogP contribution in [0.2, 0.25) is 5.02 Å². The van der Waals surface area contributed by atoms with Crippen LogP contribution in [0.1, 0.15) is 37.8 Å². The minimum Gasteiger partial charge on any atom is -0.494 e. The van der Waals surface area contributed by atoms with Crippen molar-refractivity contribution in [1.29, 1.82) is 0 Å². The molecular formula is C23H31ClN6O6S2.